The number of hydrogen-bond donors (Lipinski definition) is 0. The van der Waals surface area contributed by atoms with Crippen molar-refractivity contribution in [1.82, 2.24) is 4.57 Å². The molecule has 1 rings (SSSR count). The summed E-state index contributed by atoms with van der Waals surface area (Å²) in [5.41, 5.74) is 3.28. The Kier molecular flexibility index (Phi) is 3.49. The molecule has 0 N–H and O–H groups in total. The zero-order valence-electron chi connectivity index (χ0n) is 11.3. The maximum Gasteiger partial charge on any atom is 0.134 e. The van der Waals surface area contributed by atoms with Gasteiger partial charge in [-0.05, 0) is 33.3 Å². The summed E-state index contributed by atoms with van der Waals surface area (Å²) in [5.74, 6) is 0.596. The van der Waals surface area contributed by atoms with Crippen molar-refractivity contribution in [2.75, 3.05) is 0 Å². The van der Waals surface area contributed by atoms with E-state index in [-0.39, 0.29) is 5.54 Å². The molecule has 0 fully saturated rings. The largest absolute Gasteiger partial charge is 0.399 e. The molecule has 0 aromatic carbocycles. The summed E-state index contributed by atoms with van der Waals surface area (Å²) in [5, 5.41) is 0. The molecule has 0 saturated carbocycles. The Balaban J connectivity index is 3.08. The van der Waals surface area contributed by atoms with Crippen molar-refractivity contribution in [1.29, 1.82) is 0 Å². The molecule has 1 unspecified atom stereocenters. The predicted molar refractivity (Wildman–Crippen MR) is 71.5 cm³/mol. The van der Waals surface area contributed by atoms with Gasteiger partial charge in [-0.25, -0.2) is 0 Å². The highest BCUT2D eigenvalue weighted by Crippen LogP contribution is 2.33. The average Bonchev–Trinajstić information content (AvgIpc) is 2.32. The maximum absolute atomic E-state index is 2.69. The molecule has 86 valence electrons. The van der Waals surface area contributed by atoms with Crippen molar-refractivity contribution in [2.24, 2.45) is 5.92 Å². The van der Waals surface area contributed by atoms with E-state index >= 15 is 0 Å². The van der Waals surface area contributed by atoms with E-state index in [0.29, 0.717) is 5.92 Å². The highest BCUT2D eigenvalue weighted by molar-refractivity contribution is 6.53. The van der Waals surface area contributed by atoms with Gasteiger partial charge < -0.3 is 4.57 Å². The van der Waals surface area contributed by atoms with Crippen LogP contribution >= 0.6 is 0 Å². The first-order chi connectivity index (χ1) is 6.75. The number of hydrogen-bond acceptors (Lipinski definition) is 1. The van der Waals surface area contributed by atoms with Gasteiger partial charge in [0.15, 0.2) is 0 Å². The van der Waals surface area contributed by atoms with Gasteiger partial charge >= 0.3 is 0 Å². The topological polar surface area (TPSA) is 3.24 Å². The fourth-order valence-electron chi connectivity index (χ4n) is 2.65. The van der Waals surface area contributed by atoms with Crippen LogP contribution in [0.5, 0.6) is 0 Å². The van der Waals surface area contributed by atoms with E-state index in [0.717, 1.165) is 0 Å². The van der Waals surface area contributed by atoms with Crippen LogP contribution in [-0.2, 0) is 0 Å². The smallest absolute Gasteiger partial charge is 0.134 e. The number of rotatable bonds is 2. The number of nitrogens with zero attached hydrogens (tertiary/aromatic N) is 1. The molecule has 0 bridgehead atoms. The third-order valence-corrected chi connectivity index (χ3v) is 5.05. The third-order valence-electron chi connectivity index (χ3n) is 2.97. The van der Waals surface area contributed by atoms with Gasteiger partial charge in [-0.15, -0.1) is 0 Å². The van der Waals surface area contributed by atoms with Crippen LogP contribution in [0.25, 0.3) is 0 Å². The van der Waals surface area contributed by atoms with E-state index in [1.165, 1.54) is 5.57 Å². The van der Waals surface area contributed by atoms with Crippen LogP contribution in [0.4, 0.5) is 0 Å². The molecule has 0 radical (unpaired) electrons. The summed E-state index contributed by atoms with van der Waals surface area (Å²) in [6.45, 7) is 16.3. The fourth-order valence-corrected chi connectivity index (χ4v) is 5.19. The maximum atomic E-state index is 2.69. The summed E-state index contributed by atoms with van der Waals surface area (Å²) in [7, 11) is -0.805. The molecule has 0 saturated heterocycles. The van der Waals surface area contributed by atoms with Gasteiger partial charge in [0.25, 0.3) is 0 Å². The normalized spacial score (nSPS) is 21.7. The Hall–Kier alpha value is -0.503. The Morgan fingerprint density at radius 2 is 1.80 bits per heavy atom. The zero-order chi connectivity index (χ0) is 11.8. The van der Waals surface area contributed by atoms with Crippen molar-refractivity contribution in [3.8, 4) is 0 Å². The lowest BCUT2D eigenvalue weighted by Crippen LogP contribution is -2.48. The molecular formula is C13H25NSi. The van der Waals surface area contributed by atoms with Gasteiger partial charge in [0.1, 0.15) is 8.96 Å². The molecule has 0 aromatic rings. The molecule has 0 aromatic heterocycles. The van der Waals surface area contributed by atoms with Crippen LogP contribution in [0, 0.1) is 5.92 Å². The summed E-state index contributed by atoms with van der Waals surface area (Å²) in [4.78, 5) is 0. The second kappa shape index (κ2) is 4.16. The minimum atomic E-state index is -0.805. The minimum absolute atomic E-state index is 0.261. The first-order valence-electron chi connectivity index (χ1n) is 5.93. The van der Waals surface area contributed by atoms with E-state index in [4.69, 9.17) is 0 Å². The summed E-state index contributed by atoms with van der Waals surface area (Å²) in [6, 6.07) is 0. The van der Waals surface area contributed by atoms with Crippen molar-refractivity contribution in [2.45, 2.75) is 53.3 Å². The van der Waals surface area contributed by atoms with Gasteiger partial charge in [0.05, 0.1) is 0 Å². The van der Waals surface area contributed by atoms with Crippen molar-refractivity contribution < 1.29 is 0 Å². The van der Waals surface area contributed by atoms with E-state index in [2.05, 4.69) is 64.4 Å². The first-order valence-corrected chi connectivity index (χ1v) is 8.76. The lowest BCUT2D eigenvalue weighted by atomic mass is 10.0. The standard InChI is InChI=1S/C13H25NSi/c1-10-8-9-11(2)12(10)14(15(6)7)13(3,4)5/h8-10,15H,1-7H3. The van der Waals surface area contributed by atoms with Gasteiger partial charge in [-0.3, -0.25) is 0 Å². The molecule has 0 aliphatic heterocycles. The second-order valence-corrected chi connectivity index (χ2v) is 8.55. The van der Waals surface area contributed by atoms with Crippen molar-refractivity contribution >= 4 is 8.96 Å². The second-order valence-electron chi connectivity index (χ2n) is 5.85. The van der Waals surface area contributed by atoms with Crippen LogP contribution in [0.1, 0.15) is 34.6 Å². The lowest BCUT2D eigenvalue weighted by Gasteiger charge is -2.44. The highest BCUT2D eigenvalue weighted by atomic mass is 28.3. The molecular weight excluding hydrogens is 198 g/mol. The molecule has 1 atom stereocenters. The predicted octanol–water partition coefficient (Wildman–Crippen LogP) is 3.55. The highest BCUT2D eigenvalue weighted by Gasteiger charge is 2.30. The van der Waals surface area contributed by atoms with E-state index < -0.39 is 8.96 Å². The van der Waals surface area contributed by atoms with Crippen LogP contribution in [0.3, 0.4) is 0 Å². The van der Waals surface area contributed by atoms with Crippen LogP contribution in [-0.4, -0.2) is 19.1 Å². The molecule has 15 heavy (non-hydrogen) atoms. The quantitative estimate of drug-likeness (QED) is 0.647. The van der Waals surface area contributed by atoms with Gasteiger partial charge in [-0.1, -0.05) is 32.2 Å². The van der Waals surface area contributed by atoms with Gasteiger partial charge in [0.2, 0.25) is 0 Å². The van der Waals surface area contributed by atoms with Gasteiger partial charge in [-0.2, -0.15) is 0 Å². The fraction of sp³-hybridized carbons (Fsp3) is 0.692. The minimum Gasteiger partial charge on any atom is -0.399 e. The Labute approximate surface area is 96.6 Å². The zero-order valence-corrected chi connectivity index (χ0v) is 12.4. The summed E-state index contributed by atoms with van der Waals surface area (Å²) < 4.78 is 2.69. The lowest BCUT2D eigenvalue weighted by molar-refractivity contribution is 0.284. The summed E-state index contributed by atoms with van der Waals surface area (Å²) >= 11 is 0. The van der Waals surface area contributed by atoms with Crippen LogP contribution in [0.15, 0.2) is 23.4 Å². The molecule has 1 aliphatic rings. The molecule has 1 nitrogen and oxygen atoms in total. The Morgan fingerprint density at radius 1 is 1.27 bits per heavy atom. The van der Waals surface area contributed by atoms with E-state index in [1.54, 1.807) is 5.70 Å². The van der Waals surface area contributed by atoms with Gasteiger partial charge in [0, 0.05) is 17.2 Å². The Bertz CT molecular complexity index is 294. The third kappa shape index (κ3) is 2.54. The SMILES string of the molecule is CC1=C(N([SiH](C)C)C(C)(C)C)C(C)C=C1. The molecule has 2 heteroatoms. The summed E-state index contributed by atoms with van der Waals surface area (Å²) in [6.07, 6.45) is 4.59. The molecule has 0 heterocycles. The van der Waals surface area contributed by atoms with Crippen LogP contribution in [0.2, 0.25) is 13.1 Å². The monoisotopic (exact) mass is 223 g/mol. The first kappa shape index (κ1) is 12.6. The number of allylic oxidation sites excluding steroid dienone is 3. The van der Waals surface area contributed by atoms with E-state index in [1.807, 2.05) is 0 Å². The van der Waals surface area contributed by atoms with Crippen molar-refractivity contribution in [3.05, 3.63) is 23.4 Å². The van der Waals surface area contributed by atoms with Crippen LogP contribution < -0.4 is 0 Å². The average molecular weight is 223 g/mol. The van der Waals surface area contributed by atoms with E-state index in [9.17, 15) is 0 Å². The molecule has 1 aliphatic carbocycles. The Morgan fingerprint density at radius 3 is 2.07 bits per heavy atom. The molecule has 0 spiro atoms. The van der Waals surface area contributed by atoms with Crippen molar-refractivity contribution in [3.63, 3.8) is 0 Å². The molecule has 0 amide bonds.